The Kier molecular flexibility index (Phi) is 8.88. The number of hydrogen-bond acceptors (Lipinski definition) is 6. The van der Waals surface area contributed by atoms with E-state index in [2.05, 4.69) is 25.2 Å². The van der Waals surface area contributed by atoms with Crippen molar-refractivity contribution in [2.24, 2.45) is 0 Å². The van der Waals surface area contributed by atoms with Gasteiger partial charge >= 0.3 is 0 Å². The third-order valence-electron chi connectivity index (χ3n) is 5.35. The number of benzene rings is 3. The molecular weight excluding hydrogens is 494 g/mol. The highest BCUT2D eigenvalue weighted by Crippen LogP contribution is 2.18. The van der Waals surface area contributed by atoms with Crippen LogP contribution in [0.4, 0.5) is 0 Å². The zero-order valence-corrected chi connectivity index (χ0v) is 21.2. The predicted octanol–water partition coefficient (Wildman–Crippen LogP) is 3.79. The van der Waals surface area contributed by atoms with Crippen LogP contribution in [0.2, 0.25) is 0 Å². The maximum absolute atomic E-state index is 12.5. The molecule has 0 aliphatic heterocycles. The molecule has 0 saturated heterocycles. The maximum atomic E-state index is 12.5. The van der Waals surface area contributed by atoms with E-state index in [1.54, 1.807) is 24.3 Å². The van der Waals surface area contributed by atoms with Gasteiger partial charge in [-0.2, -0.15) is 0 Å². The molecule has 36 heavy (non-hydrogen) atoms. The van der Waals surface area contributed by atoms with Crippen molar-refractivity contribution in [2.75, 3.05) is 12.3 Å². The summed E-state index contributed by atoms with van der Waals surface area (Å²) in [7, 11) is -3.60. The van der Waals surface area contributed by atoms with Gasteiger partial charge in [-0.05, 0) is 29.7 Å². The normalized spacial score (nSPS) is 11.3. The molecule has 3 aromatic carbocycles. The lowest BCUT2D eigenvalue weighted by Crippen LogP contribution is -2.26. The van der Waals surface area contributed by atoms with Crippen molar-refractivity contribution in [1.29, 1.82) is 0 Å². The summed E-state index contributed by atoms with van der Waals surface area (Å²) in [4.78, 5) is 16.9. The van der Waals surface area contributed by atoms with Gasteiger partial charge in [-0.25, -0.2) is 18.1 Å². The molecule has 0 unspecified atom stereocenters. The second-order valence-electron chi connectivity index (χ2n) is 7.99. The molecule has 0 saturated carbocycles. The van der Waals surface area contributed by atoms with E-state index in [1.807, 2.05) is 60.7 Å². The Morgan fingerprint density at radius 2 is 1.58 bits per heavy atom. The Balaban J connectivity index is 1.16. The topological polar surface area (TPSA) is 117 Å². The number of sulfonamides is 1. The first-order chi connectivity index (χ1) is 17.5. The fraction of sp³-hybridized carbons (Fsp3) is 0.192. The van der Waals surface area contributed by atoms with Gasteiger partial charge in [-0.15, -0.1) is 5.10 Å². The Morgan fingerprint density at radius 1 is 0.889 bits per heavy atom. The second-order valence-corrected chi connectivity index (χ2v) is 10.8. The zero-order chi connectivity index (χ0) is 25.2. The van der Waals surface area contributed by atoms with Crippen molar-refractivity contribution in [1.82, 2.24) is 25.2 Å². The minimum atomic E-state index is -3.60. The summed E-state index contributed by atoms with van der Waals surface area (Å²) in [5.74, 6) is 1.31. The van der Waals surface area contributed by atoms with Crippen LogP contribution in [-0.4, -0.2) is 41.8 Å². The third kappa shape index (κ3) is 7.51. The number of amides is 1. The number of aryl methyl sites for hydroxylation is 1. The second kappa shape index (κ2) is 12.5. The number of rotatable bonds is 12. The number of thioether (sulfide) groups is 1. The predicted molar refractivity (Wildman–Crippen MR) is 141 cm³/mol. The van der Waals surface area contributed by atoms with Crippen LogP contribution >= 0.6 is 11.8 Å². The van der Waals surface area contributed by atoms with Crippen molar-refractivity contribution in [3.63, 3.8) is 0 Å². The molecule has 10 heteroatoms. The van der Waals surface area contributed by atoms with Crippen molar-refractivity contribution in [3.05, 3.63) is 96.1 Å². The molecule has 4 aromatic rings. The van der Waals surface area contributed by atoms with Gasteiger partial charge in [0.1, 0.15) is 0 Å². The fourth-order valence-electron chi connectivity index (χ4n) is 3.41. The van der Waals surface area contributed by atoms with Gasteiger partial charge in [0, 0.05) is 30.8 Å². The molecule has 0 bridgehead atoms. The highest BCUT2D eigenvalue weighted by molar-refractivity contribution is 7.99. The fourth-order valence-corrected chi connectivity index (χ4v) is 5.08. The van der Waals surface area contributed by atoms with Crippen LogP contribution in [0.5, 0.6) is 0 Å². The summed E-state index contributed by atoms with van der Waals surface area (Å²) >= 11 is 1.47. The van der Waals surface area contributed by atoms with E-state index in [0.29, 0.717) is 36.1 Å². The lowest BCUT2D eigenvalue weighted by molar-refractivity contribution is -0.120. The third-order valence-corrected chi connectivity index (χ3v) is 7.62. The molecule has 0 atom stereocenters. The number of H-pyrrole nitrogens is 1. The first kappa shape index (κ1) is 25.6. The molecule has 1 heterocycles. The number of carbonyl (C=O) groups is 1. The Bertz CT molecular complexity index is 1360. The lowest BCUT2D eigenvalue weighted by atomic mass is 10.1. The van der Waals surface area contributed by atoms with E-state index in [9.17, 15) is 13.2 Å². The quantitative estimate of drug-likeness (QED) is 0.193. The van der Waals surface area contributed by atoms with Gasteiger partial charge in [0.05, 0.1) is 4.90 Å². The first-order valence-electron chi connectivity index (χ1n) is 11.5. The number of aromatic amines is 1. The highest BCUT2D eigenvalue weighted by atomic mass is 32.2. The molecule has 1 aromatic heterocycles. The summed E-state index contributed by atoms with van der Waals surface area (Å²) in [6.07, 6.45) is 0.847. The van der Waals surface area contributed by atoms with Crippen LogP contribution in [0, 0.1) is 0 Å². The molecule has 3 N–H and O–H groups in total. The molecule has 8 nitrogen and oxygen atoms in total. The van der Waals surface area contributed by atoms with E-state index in [0.717, 1.165) is 16.7 Å². The van der Waals surface area contributed by atoms with Crippen LogP contribution in [0.3, 0.4) is 0 Å². The number of hydrogen-bond donors (Lipinski definition) is 3. The van der Waals surface area contributed by atoms with Crippen molar-refractivity contribution in [2.45, 2.75) is 29.4 Å². The molecule has 0 spiro atoms. The molecule has 4 rings (SSSR count). The van der Waals surface area contributed by atoms with Gasteiger partial charge < -0.3 is 5.32 Å². The van der Waals surface area contributed by atoms with E-state index in [1.165, 1.54) is 11.8 Å². The number of nitrogens with zero attached hydrogens (tertiary/aromatic N) is 2. The maximum Gasteiger partial charge on any atom is 0.240 e. The molecule has 0 fully saturated rings. The average Bonchev–Trinajstić information content (AvgIpc) is 3.39. The first-order valence-corrected chi connectivity index (χ1v) is 14.0. The minimum Gasteiger partial charge on any atom is -0.355 e. The van der Waals surface area contributed by atoms with Crippen molar-refractivity contribution >= 4 is 27.7 Å². The molecule has 0 radical (unpaired) electrons. The van der Waals surface area contributed by atoms with Crippen molar-refractivity contribution in [3.8, 4) is 11.4 Å². The zero-order valence-electron chi connectivity index (χ0n) is 19.6. The SMILES string of the molecule is O=C(CCc1ccc(S(=O)(=O)NCc2ccccc2)cc1)NCCSc1n[nH]c(-c2ccccc2)n1. The van der Waals surface area contributed by atoms with Crippen LogP contribution in [-0.2, 0) is 27.8 Å². The Hall–Kier alpha value is -3.47. The monoisotopic (exact) mass is 521 g/mol. The largest absolute Gasteiger partial charge is 0.355 e. The molecule has 1 amide bonds. The molecular formula is C26H27N5O3S2. The van der Waals surface area contributed by atoms with Crippen LogP contribution in [0.15, 0.2) is 95.0 Å². The van der Waals surface area contributed by atoms with Crippen LogP contribution in [0.25, 0.3) is 11.4 Å². The van der Waals surface area contributed by atoms with Crippen molar-refractivity contribution < 1.29 is 13.2 Å². The number of aromatic nitrogens is 3. The summed E-state index contributed by atoms with van der Waals surface area (Å²) in [5, 5.41) is 10.7. The molecule has 0 aliphatic carbocycles. The smallest absolute Gasteiger partial charge is 0.240 e. The van der Waals surface area contributed by atoms with E-state index in [4.69, 9.17) is 0 Å². The van der Waals surface area contributed by atoms with E-state index >= 15 is 0 Å². The van der Waals surface area contributed by atoms with Crippen LogP contribution in [0.1, 0.15) is 17.5 Å². The van der Waals surface area contributed by atoms with Gasteiger partial charge in [0.2, 0.25) is 21.1 Å². The van der Waals surface area contributed by atoms with Gasteiger partial charge in [0.15, 0.2) is 5.82 Å². The van der Waals surface area contributed by atoms with Gasteiger partial charge in [-0.3, -0.25) is 9.89 Å². The standard InChI is InChI=1S/C26H27N5O3S2/c32-24(27-17-18-35-26-29-25(30-31-26)22-9-5-2-6-10-22)16-13-20-11-14-23(15-12-20)36(33,34)28-19-21-7-3-1-4-8-21/h1-12,14-15,28H,13,16-19H2,(H,27,32)(H,29,30,31). The molecule has 186 valence electrons. The lowest BCUT2D eigenvalue weighted by Gasteiger charge is -2.08. The van der Waals surface area contributed by atoms with Gasteiger partial charge in [-0.1, -0.05) is 84.6 Å². The minimum absolute atomic E-state index is 0.0585. The highest BCUT2D eigenvalue weighted by Gasteiger charge is 2.14. The number of carbonyl (C=O) groups excluding carboxylic acids is 1. The summed E-state index contributed by atoms with van der Waals surface area (Å²) in [6, 6.07) is 25.7. The van der Waals surface area contributed by atoms with E-state index < -0.39 is 10.0 Å². The summed E-state index contributed by atoms with van der Waals surface area (Å²) < 4.78 is 27.6. The van der Waals surface area contributed by atoms with Crippen LogP contribution < -0.4 is 10.0 Å². The van der Waals surface area contributed by atoms with Gasteiger partial charge in [0.25, 0.3) is 0 Å². The number of nitrogens with one attached hydrogen (secondary N) is 3. The Labute approximate surface area is 215 Å². The summed E-state index contributed by atoms with van der Waals surface area (Å²) in [5.41, 5.74) is 2.76. The van der Waals surface area contributed by atoms with E-state index in [-0.39, 0.29) is 17.3 Å². The summed E-state index contributed by atoms with van der Waals surface area (Å²) in [6.45, 7) is 0.733. The Morgan fingerprint density at radius 3 is 2.31 bits per heavy atom. The molecule has 0 aliphatic rings. The average molecular weight is 522 g/mol.